The molecule has 0 N–H and O–H groups in total. The molecule has 0 amide bonds. The summed E-state index contributed by atoms with van der Waals surface area (Å²) in [4.78, 5) is 13.3. The Bertz CT molecular complexity index is 1210. The number of ketones is 1. The molecule has 2 aliphatic rings. The van der Waals surface area contributed by atoms with Crippen molar-refractivity contribution in [1.82, 2.24) is 4.31 Å². The lowest BCUT2D eigenvalue weighted by molar-refractivity contribution is -0.311. The van der Waals surface area contributed by atoms with Gasteiger partial charge in [0.1, 0.15) is 34.2 Å². The van der Waals surface area contributed by atoms with E-state index < -0.39 is 39.8 Å². The molecule has 5 nitrogen and oxygen atoms in total. The summed E-state index contributed by atoms with van der Waals surface area (Å²) < 4.78 is 27.6. The molecule has 0 aromatic heterocycles. The van der Waals surface area contributed by atoms with E-state index >= 15 is 0 Å². The van der Waals surface area contributed by atoms with Gasteiger partial charge in [-0.15, -0.1) is 0 Å². The number of benzene rings is 3. The molecular formula is C26H24NO4PS. The Morgan fingerprint density at radius 1 is 0.848 bits per heavy atom. The molecule has 2 aliphatic heterocycles. The predicted molar refractivity (Wildman–Crippen MR) is 131 cm³/mol. The fourth-order valence-electron chi connectivity index (χ4n) is 5.02. The van der Waals surface area contributed by atoms with Crippen molar-refractivity contribution in [2.75, 3.05) is 12.7 Å². The highest BCUT2D eigenvalue weighted by atomic mass is 32.2. The molecule has 5 rings (SSSR count). The smallest absolute Gasteiger partial charge is 0.246 e. The normalized spacial score (nSPS) is 20.1. The Labute approximate surface area is 194 Å². The van der Waals surface area contributed by atoms with Gasteiger partial charge in [0.25, 0.3) is 0 Å². The van der Waals surface area contributed by atoms with Crippen molar-refractivity contribution in [3.8, 4) is 0 Å². The van der Waals surface area contributed by atoms with E-state index in [1.165, 1.54) is 4.31 Å². The summed E-state index contributed by atoms with van der Waals surface area (Å²) in [5, 5.41) is 16.0. The van der Waals surface area contributed by atoms with Crippen LogP contribution in [-0.2, 0) is 14.8 Å². The third kappa shape index (κ3) is 3.54. The van der Waals surface area contributed by atoms with Gasteiger partial charge in [-0.05, 0) is 49.2 Å². The molecule has 3 aromatic rings. The van der Waals surface area contributed by atoms with E-state index in [1.54, 1.807) is 0 Å². The summed E-state index contributed by atoms with van der Waals surface area (Å²) in [6.07, 6.45) is 1.07. The van der Waals surface area contributed by atoms with Gasteiger partial charge in [0.15, 0.2) is 0 Å². The molecule has 7 heteroatoms. The molecule has 1 saturated heterocycles. The monoisotopic (exact) mass is 477 g/mol. The van der Waals surface area contributed by atoms with Gasteiger partial charge in [-0.1, -0.05) is 60.4 Å². The van der Waals surface area contributed by atoms with Crippen molar-refractivity contribution >= 4 is 39.0 Å². The second-order valence-electron chi connectivity index (χ2n) is 8.36. The summed E-state index contributed by atoms with van der Waals surface area (Å²) in [5.74, 6) is -1.12. The first-order valence-corrected chi connectivity index (χ1v) is 14.4. The van der Waals surface area contributed by atoms with Crippen LogP contribution in [0, 0.1) is 0 Å². The van der Waals surface area contributed by atoms with Gasteiger partial charge in [-0.25, -0.2) is 8.42 Å². The number of sulfonamides is 1. The number of carbonyl (C=O) groups is 1. The van der Waals surface area contributed by atoms with Gasteiger partial charge < -0.3 is 5.11 Å². The lowest BCUT2D eigenvalue weighted by atomic mass is 10.1. The van der Waals surface area contributed by atoms with Crippen molar-refractivity contribution < 1.29 is 18.3 Å². The van der Waals surface area contributed by atoms with Crippen LogP contribution in [0.3, 0.4) is 0 Å². The maximum atomic E-state index is 13.8. The molecule has 33 heavy (non-hydrogen) atoms. The summed E-state index contributed by atoms with van der Waals surface area (Å²) in [7, 11) is -6.64. The number of fused-ring (bicyclic) bond motifs is 1. The summed E-state index contributed by atoms with van der Waals surface area (Å²) in [6, 6.07) is 28.6. The zero-order valence-electron chi connectivity index (χ0n) is 18.0. The first-order chi connectivity index (χ1) is 16.0. The van der Waals surface area contributed by atoms with Crippen molar-refractivity contribution in [3.63, 3.8) is 0 Å². The molecule has 168 valence electrons. The molecule has 2 heterocycles. The SMILES string of the molecule is O=C(C[P+](c1ccccc1)(c1ccccc1)c1ccccc1)C1=C([O-])C2CCCN2S1(=O)=O. The minimum absolute atomic E-state index is 0.0497. The van der Waals surface area contributed by atoms with E-state index in [0.29, 0.717) is 19.4 Å². The number of rotatable bonds is 6. The summed E-state index contributed by atoms with van der Waals surface area (Å²) in [5.41, 5.74) is 0. The highest BCUT2D eigenvalue weighted by molar-refractivity contribution is 7.97. The van der Waals surface area contributed by atoms with Crippen LogP contribution in [0.2, 0.25) is 0 Å². The van der Waals surface area contributed by atoms with Crippen LogP contribution in [0.5, 0.6) is 0 Å². The number of nitrogens with zero attached hydrogens (tertiary/aromatic N) is 1. The van der Waals surface area contributed by atoms with E-state index in [0.717, 1.165) is 15.9 Å². The van der Waals surface area contributed by atoms with E-state index in [2.05, 4.69) is 0 Å². The summed E-state index contributed by atoms with van der Waals surface area (Å²) in [6.45, 7) is 0.297. The topological polar surface area (TPSA) is 77.5 Å². The number of hydrogen-bond acceptors (Lipinski definition) is 4. The molecule has 0 bridgehead atoms. The van der Waals surface area contributed by atoms with Gasteiger partial charge in [0, 0.05) is 12.6 Å². The van der Waals surface area contributed by atoms with Crippen molar-refractivity contribution in [2.24, 2.45) is 0 Å². The number of allylic oxidation sites excluding steroid dienone is 1. The highest BCUT2D eigenvalue weighted by Gasteiger charge is 2.52. The third-order valence-corrected chi connectivity index (χ3v) is 12.8. The largest absolute Gasteiger partial charge is 0.873 e. The van der Waals surface area contributed by atoms with Crippen LogP contribution in [0.4, 0.5) is 0 Å². The lowest BCUT2D eigenvalue weighted by Gasteiger charge is -2.27. The molecule has 0 saturated carbocycles. The molecule has 0 radical (unpaired) electrons. The Morgan fingerprint density at radius 2 is 1.30 bits per heavy atom. The fraction of sp³-hybridized carbons (Fsp3) is 0.192. The third-order valence-electron chi connectivity index (χ3n) is 6.52. The minimum atomic E-state index is -4.06. The maximum Gasteiger partial charge on any atom is 0.246 e. The van der Waals surface area contributed by atoms with Crippen LogP contribution in [-0.4, -0.2) is 37.3 Å². The Balaban J connectivity index is 1.71. The van der Waals surface area contributed by atoms with Gasteiger partial charge in [-0.2, -0.15) is 4.31 Å². The Morgan fingerprint density at radius 3 is 1.73 bits per heavy atom. The van der Waals surface area contributed by atoms with Crippen LogP contribution in [0.15, 0.2) is 102 Å². The van der Waals surface area contributed by atoms with Crippen LogP contribution in [0.25, 0.3) is 0 Å². The number of hydrogen-bond donors (Lipinski definition) is 0. The van der Waals surface area contributed by atoms with Crippen LogP contribution in [0.1, 0.15) is 12.8 Å². The minimum Gasteiger partial charge on any atom is -0.873 e. The summed E-state index contributed by atoms with van der Waals surface area (Å²) >= 11 is 0. The first-order valence-electron chi connectivity index (χ1n) is 11.0. The van der Waals surface area contributed by atoms with Gasteiger partial charge in [0.2, 0.25) is 15.8 Å². The second-order valence-corrected chi connectivity index (χ2v) is 13.7. The zero-order chi connectivity index (χ0) is 23.1. The molecule has 3 aromatic carbocycles. The van der Waals surface area contributed by atoms with Gasteiger partial charge in [0.05, 0.1) is 0 Å². The van der Waals surface area contributed by atoms with E-state index in [-0.39, 0.29) is 6.16 Å². The standard InChI is InChI=1S/C26H24NO4PS/c28-24(26-25(29)23-17-10-18-27(23)33(26,30)31)19-32(20-11-4-1-5-12-20,21-13-6-2-7-14-21)22-15-8-3-9-16-22/h1-9,11-16,23H,10,17-19H2. The molecule has 0 spiro atoms. The molecule has 1 fully saturated rings. The lowest BCUT2D eigenvalue weighted by Crippen LogP contribution is -2.37. The van der Waals surface area contributed by atoms with Gasteiger partial charge >= 0.3 is 0 Å². The molecule has 0 aliphatic carbocycles. The van der Waals surface area contributed by atoms with E-state index in [4.69, 9.17) is 0 Å². The number of carbonyl (C=O) groups excluding carboxylic acids is 1. The second kappa shape index (κ2) is 8.53. The molecular weight excluding hydrogens is 453 g/mol. The van der Waals surface area contributed by atoms with Crippen molar-refractivity contribution in [1.29, 1.82) is 0 Å². The van der Waals surface area contributed by atoms with Crippen molar-refractivity contribution in [3.05, 3.63) is 102 Å². The Hall–Kier alpha value is -2.79. The Kier molecular flexibility index (Phi) is 5.69. The highest BCUT2D eigenvalue weighted by Crippen LogP contribution is 2.56. The number of Topliss-reactive ketones (excluding diaryl/α,β-unsaturated/α-hetero) is 1. The first kappa shape index (κ1) is 22.0. The molecule has 1 atom stereocenters. The van der Waals surface area contributed by atoms with Gasteiger partial charge in [-0.3, -0.25) is 4.79 Å². The van der Waals surface area contributed by atoms with Crippen LogP contribution < -0.4 is 21.0 Å². The van der Waals surface area contributed by atoms with E-state index in [1.807, 2.05) is 91.0 Å². The quantitative estimate of drug-likeness (QED) is 0.509. The maximum absolute atomic E-state index is 13.8. The van der Waals surface area contributed by atoms with Crippen LogP contribution >= 0.6 is 7.26 Å². The predicted octanol–water partition coefficient (Wildman–Crippen LogP) is 1.93. The average Bonchev–Trinajstić information content (AvgIpc) is 3.41. The van der Waals surface area contributed by atoms with Crippen molar-refractivity contribution in [2.45, 2.75) is 18.9 Å². The average molecular weight is 478 g/mol. The molecule has 1 unspecified atom stereocenters. The fourth-order valence-corrected chi connectivity index (χ4v) is 11.1. The zero-order valence-corrected chi connectivity index (χ0v) is 19.7. The van der Waals surface area contributed by atoms with E-state index in [9.17, 15) is 18.3 Å².